The highest BCUT2D eigenvalue weighted by Gasteiger charge is 2.24. The normalized spacial score (nSPS) is 16.3. The standard InChI is InChI=1S/C7H7NO3/c1-2-5(9)4-3-6(10)8-7(4)11/h3H,2H2,1H3,(H,8,10,11). The van der Waals surface area contributed by atoms with Crippen LogP contribution < -0.4 is 5.32 Å². The van der Waals surface area contributed by atoms with Crippen molar-refractivity contribution in [3.8, 4) is 0 Å². The van der Waals surface area contributed by atoms with Gasteiger partial charge in [-0.3, -0.25) is 19.7 Å². The second kappa shape index (κ2) is 2.65. The van der Waals surface area contributed by atoms with Crippen LogP contribution in [0.15, 0.2) is 11.6 Å². The first-order chi connectivity index (χ1) is 5.15. The van der Waals surface area contributed by atoms with E-state index in [1.165, 1.54) is 0 Å². The third-order valence-electron chi connectivity index (χ3n) is 1.38. The lowest BCUT2D eigenvalue weighted by molar-refractivity contribution is -0.124. The smallest absolute Gasteiger partial charge is 0.261 e. The summed E-state index contributed by atoms with van der Waals surface area (Å²) in [5.41, 5.74) is -0.0301. The molecule has 0 aromatic carbocycles. The Morgan fingerprint density at radius 3 is 2.55 bits per heavy atom. The first kappa shape index (κ1) is 7.65. The topological polar surface area (TPSA) is 63.2 Å². The van der Waals surface area contributed by atoms with Crippen LogP contribution >= 0.6 is 0 Å². The lowest BCUT2D eigenvalue weighted by Crippen LogP contribution is -2.24. The predicted molar refractivity (Wildman–Crippen MR) is 36.5 cm³/mol. The van der Waals surface area contributed by atoms with E-state index < -0.39 is 11.8 Å². The lowest BCUT2D eigenvalue weighted by atomic mass is 10.1. The van der Waals surface area contributed by atoms with Gasteiger partial charge >= 0.3 is 0 Å². The summed E-state index contributed by atoms with van der Waals surface area (Å²) in [6, 6.07) is 0. The molecule has 0 saturated heterocycles. The van der Waals surface area contributed by atoms with E-state index in [9.17, 15) is 14.4 Å². The van der Waals surface area contributed by atoms with Crippen molar-refractivity contribution >= 4 is 17.6 Å². The maximum absolute atomic E-state index is 10.9. The van der Waals surface area contributed by atoms with Crippen LogP contribution in [0.4, 0.5) is 0 Å². The van der Waals surface area contributed by atoms with Crippen LogP contribution in [0.1, 0.15) is 13.3 Å². The molecule has 4 nitrogen and oxygen atoms in total. The largest absolute Gasteiger partial charge is 0.294 e. The molecule has 1 aliphatic rings. The van der Waals surface area contributed by atoms with Crippen molar-refractivity contribution in [2.75, 3.05) is 0 Å². The molecule has 1 aliphatic heterocycles. The first-order valence-electron chi connectivity index (χ1n) is 3.25. The van der Waals surface area contributed by atoms with E-state index in [-0.39, 0.29) is 17.8 Å². The second-order valence-corrected chi connectivity index (χ2v) is 2.15. The summed E-state index contributed by atoms with van der Waals surface area (Å²) in [5, 5.41) is 1.99. The molecule has 0 radical (unpaired) electrons. The molecule has 0 unspecified atom stereocenters. The maximum Gasteiger partial charge on any atom is 0.261 e. The zero-order valence-corrected chi connectivity index (χ0v) is 6.01. The Morgan fingerprint density at radius 1 is 1.55 bits per heavy atom. The molecule has 0 bridgehead atoms. The summed E-state index contributed by atoms with van der Waals surface area (Å²) in [6.07, 6.45) is 1.28. The van der Waals surface area contributed by atoms with Crippen LogP contribution in [-0.4, -0.2) is 17.6 Å². The van der Waals surface area contributed by atoms with Crippen LogP contribution in [0, 0.1) is 0 Å². The molecule has 0 spiro atoms. The van der Waals surface area contributed by atoms with Crippen LogP contribution in [-0.2, 0) is 14.4 Å². The van der Waals surface area contributed by atoms with Crippen LogP contribution in [0.5, 0.6) is 0 Å². The Bertz CT molecular complexity index is 265. The Kier molecular flexibility index (Phi) is 1.85. The Labute approximate surface area is 63.3 Å². The van der Waals surface area contributed by atoms with Gasteiger partial charge in [0.1, 0.15) is 0 Å². The molecule has 4 heteroatoms. The fourth-order valence-electron chi connectivity index (χ4n) is 0.810. The van der Waals surface area contributed by atoms with Crippen molar-refractivity contribution in [1.82, 2.24) is 5.32 Å². The minimum Gasteiger partial charge on any atom is -0.294 e. The monoisotopic (exact) mass is 153 g/mol. The second-order valence-electron chi connectivity index (χ2n) is 2.15. The number of amides is 2. The fourth-order valence-corrected chi connectivity index (χ4v) is 0.810. The summed E-state index contributed by atoms with van der Waals surface area (Å²) in [4.78, 5) is 32.2. The first-order valence-corrected chi connectivity index (χ1v) is 3.25. The summed E-state index contributed by atoms with van der Waals surface area (Å²) in [6.45, 7) is 1.64. The molecule has 0 aromatic heterocycles. The number of hydrogen-bond acceptors (Lipinski definition) is 3. The van der Waals surface area contributed by atoms with Gasteiger partial charge in [0.05, 0.1) is 5.57 Å². The molecule has 1 rings (SSSR count). The van der Waals surface area contributed by atoms with Gasteiger partial charge < -0.3 is 0 Å². The van der Waals surface area contributed by atoms with Gasteiger partial charge in [-0.05, 0) is 0 Å². The number of imide groups is 1. The summed E-state index contributed by atoms with van der Waals surface area (Å²) >= 11 is 0. The van der Waals surface area contributed by atoms with E-state index in [2.05, 4.69) is 0 Å². The molecule has 0 aromatic rings. The highest BCUT2D eigenvalue weighted by Crippen LogP contribution is 2.05. The van der Waals surface area contributed by atoms with E-state index in [1.807, 2.05) is 5.32 Å². The average molecular weight is 153 g/mol. The number of nitrogens with one attached hydrogen (secondary N) is 1. The van der Waals surface area contributed by atoms with E-state index >= 15 is 0 Å². The Balaban J connectivity index is 2.88. The molecular weight excluding hydrogens is 146 g/mol. The molecule has 0 fully saturated rings. The van der Waals surface area contributed by atoms with Crippen molar-refractivity contribution in [2.45, 2.75) is 13.3 Å². The third-order valence-corrected chi connectivity index (χ3v) is 1.38. The van der Waals surface area contributed by atoms with E-state index in [1.54, 1.807) is 6.92 Å². The molecule has 0 aliphatic carbocycles. The van der Waals surface area contributed by atoms with Gasteiger partial charge in [-0.15, -0.1) is 0 Å². The molecule has 1 heterocycles. The highest BCUT2D eigenvalue weighted by atomic mass is 16.2. The highest BCUT2D eigenvalue weighted by molar-refractivity contribution is 6.30. The lowest BCUT2D eigenvalue weighted by Gasteiger charge is -1.92. The van der Waals surface area contributed by atoms with Crippen LogP contribution in [0.25, 0.3) is 0 Å². The number of ketones is 1. The third kappa shape index (κ3) is 1.34. The SMILES string of the molecule is CCC(=O)C1=CC(=O)NC1=O. The average Bonchev–Trinajstić information content (AvgIpc) is 2.28. The van der Waals surface area contributed by atoms with E-state index in [0.29, 0.717) is 0 Å². The van der Waals surface area contributed by atoms with Gasteiger partial charge in [0.25, 0.3) is 11.8 Å². The van der Waals surface area contributed by atoms with Gasteiger partial charge in [-0.1, -0.05) is 6.92 Å². The maximum atomic E-state index is 10.9. The van der Waals surface area contributed by atoms with Gasteiger partial charge in [0.15, 0.2) is 5.78 Å². The number of hydrogen-bond donors (Lipinski definition) is 1. The van der Waals surface area contributed by atoms with Crippen molar-refractivity contribution in [2.24, 2.45) is 0 Å². The summed E-state index contributed by atoms with van der Waals surface area (Å²) in [5.74, 6) is -1.39. The van der Waals surface area contributed by atoms with Crippen molar-refractivity contribution in [3.05, 3.63) is 11.6 Å². The predicted octanol–water partition coefficient (Wildman–Crippen LogP) is -0.452. The summed E-state index contributed by atoms with van der Waals surface area (Å²) < 4.78 is 0. The van der Waals surface area contributed by atoms with Gasteiger partial charge in [0.2, 0.25) is 0 Å². The molecule has 0 atom stereocenters. The molecule has 58 valence electrons. The number of carbonyl (C=O) groups is 3. The van der Waals surface area contributed by atoms with E-state index in [4.69, 9.17) is 0 Å². The van der Waals surface area contributed by atoms with Crippen molar-refractivity contribution < 1.29 is 14.4 Å². The zero-order chi connectivity index (χ0) is 8.43. The van der Waals surface area contributed by atoms with Gasteiger partial charge in [0, 0.05) is 12.5 Å². The molecule has 11 heavy (non-hydrogen) atoms. The minimum absolute atomic E-state index is 0.0301. The summed E-state index contributed by atoms with van der Waals surface area (Å²) in [7, 11) is 0. The van der Waals surface area contributed by atoms with Crippen molar-refractivity contribution in [3.63, 3.8) is 0 Å². The number of carbonyl (C=O) groups excluding carboxylic acids is 3. The quantitative estimate of drug-likeness (QED) is 0.431. The van der Waals surface area contributed by atoms with E-state index in [0.717, 1.165) is 6.08 Å². The van der Waals surface area contributed by atoms with Crippen LogP contribution in [0.2, 0.25) is 0 Å². The number of rotatable bonds is 2. The number of Topliss-reactive ketones (excluding diaryl/α,β-unsaturated/α-hetero) is 1. The van der Waals surface area contributed by atoms with Gasteiger partial charge in [-0.25, -0.2) is 0 Å². The Morgan fingerprint density at radius 2 is 2.18 bits per heavy atom. The Hall–Kier alpha value is -1.45. The van der Waals surface area contributed by atoms with Crippen molar-refractivity contribution in [1.29, 1.82) is 0 Å². The molecule has 0 saturated carbocycles. The zero-order valence-electron chi connectivity index (χ0n) is 6.01. The molecule has 2 amide bonds. The van der Waals surface area contributed by atoms with Crippen LogP contribution in [0.3, 0.4) is 0 Å². The molecule has 1 N–H and O–H groups in total. The minimum atomic E-state index is -0.582. The molecular formula is C7H7NO3. The van der Waals surface area contributed by atoms with Gasteiger partial charge in [-0.2, -0.15) is 0 Å². The fraction of sp³-hybridized carbons (Fsp3) is 0.286.